The minimum absolute atomic E-state index is 0.792. The molecule has 0 aromatic carbocycles. The van der Waals surface area contributed by atoms with Gasteiger partial charge >= 0.3 is 0 Å². The number of rotatable bonds is 6. The quantitative estimate of drug-likeness (QED) is 0.649. The van der Waals surface area contributed by atoms with Crippen LogP contribution < -0.4 is 5.32 Å². The van der Waals surface area contributed by atoms with Crippen molar-refractivity contribution in [3.63, 3.8) is 0 Å². The predicted molar refractivity (Wildman–Crippen MR) is 60.2 cm³/mol. The van der Waals surface area contributed by atoms with Gasteiger partial charge in [-0.3, -0.25) is 0 Å². The Morgan fingerprint density at radius 1 is 1.15 bits per heavy atom. The highest BCUT2D eigenvalue weighted by atomic mass is 16.5. The fourth-order valence-electron chi connectivity index (χ4n) is 0.722. The van der Waals surface area contributed by atoms with Crippen LogP contribution in [-0.2, 0) is 4.74 Å². The molecule has 0 saturated carbocycles. The van der Waals surface area contributed by atoms with E-state index in [0.29, 0.717) is 0 Å². The van der Waals surface area contributed by atoms with Crippen LogP contribution >= 0.6 is 0 Å². The summed E-state index contributed by atoms with van der Waals surface area (Å²) in [5, 5.41) is 3.25. The van der Waals surface area contributed by atoms with Crippen molar-refractivity contribution >= 4 is 0 Å². The van der Waals surface area contributed by atoms with Crippen molar-refractivity contribution in [3.8, 4) is 0 Å². The molecular weight excluding hydrogens is 162 g/mol. The van der Waals surface area contributed by atoms with Crippen molar-refractivity contribution in [1.29, 1.82) is 0 Å². The first-order valence-electron chi connectivity index (χ1n) is 5.47. The standard InChI is InChI=1S/C6H15N.C5H12O/c1-4-7-5-6(2)3;1-3-5-6-4-2/h6-7H,4-5H2,1-3H3;3-5H2,1-2H3. The van der Waals surface area contributed by atoms with E-state index in [-0.39, 0.29) is 0 Å². The van der Waals surface area contributed by atoms with Crippen LogP contribution in [0.15, 0.2) is 0 Å². The van der Waals surface area contributed by atoms with Crippen LogP contribution in [0.1, 0.15) is 41.0 Å². The van der Waals surface area contributed by atoms with E-state index < -0.39 is 0 Å². The third-order valence-corrected chi connectivity index (χ3v) is 1.36. The number of hydrogen-bond acceptors (Lipinski definition) is 2. The normalized spacial score (nSPS) is 9.69. The molecule has 0 bridgehead atoms. The summed E-state index contributed by atoms with van der Waals surface area (Å²) in [6.07, 6.45) is 1.13. The van der Waals surface area contributed by atoms with E-state index in [4.69, 9.17) is 4.74 Å². The van der Waals surface area contributed by atoms with E-state index in [2.05, 4.69) is 33.0 Å². The minimum Gasteiger partial charge on any atom is -0.382 e. The maximum Gasteiger partial charge on any atom is 0.0463 e. The number of nitrogens with one attached hydrogen (secondary N) is 1. The van der Waals surface area contributed by atoms with Gasteiger partial charge in [-0.1, -0.05) is 27.7 Å². The third-order valence-electron chi connectivity index (χ3n) is 1.36. The number of ether oxygens (including phenoxy) is 1. The van der Waals surface area contributed by atoms with Crippen molar-refractivity contribution in [2.24, 2.45) is 5.92 Å². The molecule has 0 aliphatic carbocycles. The molecule has 0 heterocycles. The Balaban J connectivity index is 0. The van der Waals surface area contributed by atoms with Gasteiger partial charge in [-0.05, 0) is 32.4 Å². The summed E-state index contributed by atoms with van der Waals surface area (Å²) in [6, 6.07) is 0. The van der Waals surface area contributed by atoms with Gasteiger partial charge in [0, 0.05) is 13.2 Å². The molecule has 0 atom stereocenters. The maximum absolute atomic E-state index is 4.98. The lowest BCUT2D eigenvalue weighted by atomic mass is 10.2. The average Bonchev–Trinajstić information content (AvgIpc) is 2.12. The lowest BCUT2D eigenvalue weighted by Crippen LogP contribution is -2.18. The average molecular weight is 189 g/mol. The summed E-state index contributed by atoms with van der Waals surface area (Å²) in [5.74, 6) is 0.792. The fourth-order valence-corrected chi connectivity index (χ4v) is 0.722. The largest absolute Gasteiger partial charge is 0.382 e. The van der Waals surface area contributed by atoms with Crippen LogP contribution in [0.4, 0.5) is 0 Å². The van der Waals surface area contributed by atoms with Crippen molar-refractivity contribution in [2.75, 3.05) is 26.3 Å². The topological polar surface area (TPSA) is 21.3 Å². The smallest absolute Gasteiger partial charge is 0.0463 e. The molecule has 0 aliphatic heterocycles. The molecule has 82 valence electrons. The van der Waals surface area contributed by atoms with Crippen LogP contribution in [0.25, 0.3) is 0 Å². The van der Waals surface area contributed by atoms with Crippen LogP contribution in [0.3, 0.4) is 0 Å². The Morgan fingerprint density at radius 2 is 1.77 bits per heavy atom. The van der Waals surface area contributed by atoms with Gasteiger partial charge in [-0.15, -0.1) is 0 Å². The van der Waals surface area contributed by atoms with Gasteiger partial charge in [0.15, 0.2) is 0 Å². The van der Waals surface area contributed by atoms with Crippen LogP contribution in [0.2, 0.25) is 0 Å². The van der Waals surface area contributed by atoms with E-state index in [0.717, 1.165) is 38.6 Å². The molecule has 1 N–H and O–H groups in total. The fraction of sp³-hybridized carbons (Fsp3) is 1.00. The lowest BCUT2D eigenvalue weighted by Gasteiger charge is -2.01. The second-order valence-electron chi connectivity index (χ2n) is 3.40. The minimum atomic E-state index is 0.792. The van der Waals surface area contributed by atoms with Crippen molar-refractivity contribution < 1.29 is 4.74 Å². The predicted octanol–water partition coefficient (Wildman–Crippen LogP) is 2.68. The molecule has 2 heteroatoms. The Hall–Kier alpha value is -0.0800. The molecule has 2 nitrogen and oxygen atoms in total. The summed E-state index contributed by atoms with van der Waals surface area (Å²) in [6.45, 7) is 14.7. The molecule has 0 amide bonds. The molecule has 13 heavy (non-hydrogen) atoms. The van der Waals surface area contributed by atoms with E-state index in [1.54, 1.807) is 0 Å². The summed E-state index contributed by atoms with van der Waals surface area (Å²) < 4.78 is 4.98. The zero-order valence-corrected chi connectivity index (χ0v) is 10.0. The summed E-state index contributed by atoms with van der Waals surface area (Å²) in [7, 11) is 0. The Morgan fingerprint density at radius 3 is 1.92 bits per heavy atom. The van der Waals surface area contributed by atoms with Crippen molar-refractivity contribution in [3.05, 3.63) is 0 Å². The zero-order chi connectivity index (χ0) is 10.5. The van der Waals surface area contributed by atoms with Crippen LogP contribution in [-0.4, -0.2) is 26.3 Å². The number of hydrogen-bond donors (Lipinski definition) is 1. The Kier molecular flexibility index (Phi) is 17.1. The van der Waals surface area contributed by atoms with Gasteiger partial charge in [0.2, 0.25) is 0 Å². The first kappa shape index (κ1) is 15.4. The molecule has 0 saturated heterocycles. The molecule has 0 fully saturated rings. The van der Waals surface area contributed by atoms with Gasteiger partial charge in [-0.25, -0.2) is 0 Å². The first-order valence-corrected chi connectivity index (χ1v) is 5.47. The monoisotopic (exact) mass is 189 g/mol. The van der Waals surface area contributed by atoms with Crippen molar-refractivity contribution in [1.82, 2.24) is 5.32 Å². The Bertz CT molecular complexity index is 70.5. The van der Waals surface area contributed by atoms with Crippen molar-refractivity contribution in [2.45, 2.75) is 41.0 Å². The molecule has 0 aromatic rings. The lowest BCUT2D eigenvalue weighted by molar-refractivity contribution is 0.148. The van der Waals surface area contributed by atoms with Gasteiger partial charge in [0.25, 0.3) is 0 Å². The Labute approximate surface area is 84.1 Å². The molecular formula is C11H27NO. The molecule has 0 unspecified atom stereocenters. The highest BCUT2D eigenvalue weighted by Crippen LogP contribution is 1.84. The van der Waals surface area contributed by atoms with Gasteiger partial charge < -0.3 is 10.1 Å². The second kappa shape index (κ2) is 14.4. The van der Waals surface area contributed by atoms with E-state index in [1.165, 1.54) is 0 Å². The molecule has 0 aliphatic rings. The SMILES string of the molecule is CCCOCC.CCNCC(C)C. The van der Waals surface area contributed by atoms with E-state index in [1.807, 2.05) is 6.92 Å². The second-order valence-corrected chi connectivity index (χ2v) is 3.40. The third kappa shape index (κ3) is 24.5. The van der Waals surface area contributed by atoms with Gasteiger partial charge in [0.05, 0.1) is 0 Å². The molecule has 0 spiro atoms. The highest BCUT2D eigenvalue weighted by Gasteiger charge is 1.86. The van der Waals surface area contributed by atoms with Gasteiger partial charge in [-0.2, -0.15) is 0 Å². The molecule has 0 aromatic heterocycles. The molecule has 0 rings (SSSR count). The summed E-state index contributed by atoms with van der Waals surface area (Å²) in [4.78, 5) is 0. The molecule has 0 radical (unpaired) electrons. The highest BCUT2D eigenvalue weighted by molar-refractivity contribution is 4.46. The summed E-state index contributed by atoms with van der Waals surface area (Å²) in [5.41, 5.74) is 0. The van der Waals surface area contributed by atoms with Crippen LogP contribution in [0, 0.1) is 5.92 Å². The van der Waals surface area contributed by atoms with Crippen LogP contribution in [0.5, 0.6) is 0 Å². The zero-order valence-electron chi connectivity index (χ0n) is 10.0. The van der Waals surface area contributed by atoms with Gasteiger partial charge in [0.1, 0.15) is 0 Å². The maximum atomic E-state index is 4.98. The summed E-state index contributed by atoms with van der Waals surface area (Å²) >= 11 is 0. The first-order chi connectivity index (χ1) is 6.18. The van der Waals surface area contributed by atoms with E-state index in [9.17, 15) is 0 Å². The van der Waals surface area contributed by atoms with E-state index >= 15 is 0 Å².